The molecule has 1 amide bonds. The lowest BCUT2D eigenvalue weighted by atomic mass is 10.1. The van der Waals surface area contributed by atoms with E-state index in [-0.39, 0.29) is 10.8 Å². The number of carbonyl (C=O) groups excluding carboxylic acids is 2. The van der Waals surface area contributed by atoms with Crippen LogP contribution in [0.3, 0.4) is 0 Å². The lowest BCUT2D eigenvalue weighted by Gasteiger charge is -2.30. The number of ether oxygens (including phenoxy) is 2. The van der Waals surface area contributed by atoms with Gasteiger partial charge in [-0.1, -0.05) is 30.3 Å². The highest BCUT2D eigenvalue weighted by atomic mass is 32.2. The number of likely N-dealkylation sites (tertiary alicyclic amines) is 1. The van der Waals surface area contributed by atoms with Crippen LogP contribution in [0.1, 0.15) is 37.9 Å². The molecule has 9 heteroatoms. The van der Waals surface area contributed by atoms with Crippen molar-refractivity contribution in [3.63, 3.8) is 0 Å². The van der Waals surface area contributed by atoms with Crippen molar-refractivity contribution >= 4 is 21.9 Å². The normalized spacial score (nSPS) is 16.1. The van der Waals surface area contributed by atoms with Gasteiger partial charge in [-0.15, -0.1) is 0 Å². The number of sulfonamides is 1. The molecule has 0 saturated carbocycles. The van der Waals surface area contributed by atoms with E-state index in [1.54, 1.807) is 35.2 Å². The molecule has 2 aromatic rings. The van der Waals surface area contributed by atoms with Crippen LogP contribution in [0.2, 0.25) is 0 Å². The highest BCUT2D eigenvalue weighted by Gasteiger charge is 2.32. The summed E-state index contributed by atoms with van der Waals surface area (Å²) in [6.45, 7) is 2.61. The molecule has 1 fully saturated rings. The Morgan fingerprint density at radius 1 is 0.969 bits per heavy atom. The van der Waals surface area contributed by atoms with Crippen LogP contribution in [0.15, 0.2) is 59.5 Å². The van der Waals surface area contributed by atoms with Gasteiger partial charge in [0.15, 0.2) is 0 Å². The van der Waals surface area contributed by atoms with Gasteiger partial charge >= 0.3 is 5.97 Å². The molecule has 0 spiro atoms. The van der Waals surface area contributed by atoms with Crippen molar-refractivity contribution in [2.75, 3.05) is 20.2 Å². The summed E-state index contributed by atoms with van der Waals surface area (Å²) in [7, 11) is -2.49. The van der Waals surface area contributed by atoms with Crippen LogP contribution in [0, 0.1) is 0 Å². The third-order valence-corrected chi connectivity index (χ3v) is 6.84. The second-order valence-corrected chi connectivity index (χ2v) is 9.35. The number of hydrogen-bond acceptors (Lipinski definition) is 6. The van der Waals surface area contributed by atoms with Gasteiger partial charge in [0.25, 0.3) is 5.91 Å². The summed E-state index contributed by atoms with van der Waals surface area (Å²) in [5, 5.41) is 0. The molecule has 0 radical (unpaired) electrons. The van der Waals surface area contributed by atoms with E-state index in [9.17, 15) is 18.0 Å². The van der Waals surface area contributed by atoms with Gasteiger partial charge in [-0.05, 0) is 50.5 Å². The molecule has 1 aliphatic heterocycles. The third-order valence-electron chi connectivity index (χ3n) is 5.28. The predicted molar refractivity (Wildman–Crippen MR) is 118 cm³/mol. The quantitative estimate of drug-likeness (QED) is 0.608. The summed E-state index contributed by atoms with van der Waals surface area (Å²) in [6.07, 6.45) is 1.73. The molecule has 2 aromatic carbocycles. The average Bonchev–Trinajstić information content (AvgIpc) is 2.82. The highest BCUT2D eigenvalue weighted by molar-refractivity contribution is 7.89. The Morgan fingerprint density at radius 2 is 1.59 bits per heavy atom. The number of benzene rings is 2. The summed E-state index contributed by atoms with van der Waals surface area (Å²) < 4.78 is 38.2. The van der Waals surface area contributed by atoms with Crippen LogP contribution in [-0.2, 0) is 24.3 Å². The zero-order valence-electron chi connectivity index (χ0n) is 18.2. The molecule has 1 N–H and O–H groups in total. The van der Waals surface area contributed by atoms with E-state index < -0.39 is 28.1 Å². The van der Waals surface area contributed by atoms with Gasteiger partial charge < -0.3 is 14.4 Å². The zero-order chi connectivity index (χ0) is 23.1. The Balaban J connectivity index is 1.73. The van der Waals surface area contributed by atoms with Crippen molar-refractivity contribution < 1.29 is 27.5 Å². The Hall–Kier alpha value is -2.91. The molecule has 172 valence electrons. The van der Waals surface area contributed by atoms with Crippen LogP contribution < -0.4 is 9.46 Å². The molecule has 32 heavy (non-hydrogen) atoms. The number of carbonyl (C=O) groups is 2. The van der Waals surface area contributed by atoms with Crippen LogP contribution in [-0.4, -0.2) is 51.4 Å². The summed E-state index contributed by atoms with van der Waals surface area (Å²) >= 11 is 0. The average molecular weight is 461 g/mol. The van der Waals surface area contributed by atoms with Crippen molar-refractivity contribution in [2.45, 2.75) is 43.2 Å². The summed E-state index contributed by atoms with van der Waals surface area (Å²) in [6, 6.07) is 13.4. The largest absolute Gasteiger partial charge is 0.497 e. The van der Waals surface area contributed by atoms with Gasteiger partial charge in [0.05, 0.1) is 12.0 Å². The molecule has 0 aliphatic carbocycles. The molecule has 3 rings (SSSR count). The van der Waals surface area contributed by atoms with Gasteiger partial charge in [0.1, 0.15) is 11.8 Å². The Labute approximate surface area is 188 Å². The first-order valence-electron chi connectivity index (χ1n) is 10.5. The predicted octanol–water partition coefficient (Wildman–Crippen LogP) is 2.66. The van der Waals surface area contributed by atoms with Crippen molar-refractivity contribution in [3.05, 3.63) is 60.2 Å². The first kappa shape index (κ1) is 23.7. The Kier molecular flexibility index (Phi) is 7.87. The number of methoxy groups -OCH3 is 1. The SMILES string of the molecule is COc1ccc(S(=O)(=O)N[C@@H](C)C(=O)OC(C(=O)N2CCCCC2)c2ccccc2)cc1. The standard InChI is InChI=1S/C23H28N2O6S/c1-17(24-32(28,29)20-13-11-19(30-2)12-14-20)23(27)31-21(18-9-5-3-6-10-18)22(26)25-15-7-4-8-16-25/h3,5-6,9-14,17,21,24H,4,7-8,15-16H2,1-2H3/t17-,21?/m0/s1. The first-order chi connectivity index (χ1) is 15.3. The monoisotopic (exact) mass is 460 g/mol. The van der Waals surface area contributed by atoms with Crippen molar-refractivity contribution in [3.8, 4) is 5.75 Å². The summed E-state index contributed by atoms with van der Waals surface area (Å²) in [5.74, 6) is -0.617. The zero-order valence-corrected chi connectivity index (χ0v) is 19.0. The minimum atomic E-state index is -3.97. The number of nitrogens with zero attached hydrogens (tertiary/aromatic N) is 1. The summed E-state index contributed by atoms with van der Waals surface area (Å²) in [5.41, 5.74) is 0.543. The fraction of sp³-hybridized carbons (Fsp3) is 0.391. The number of hydrogen-bond donors (Lipinski definition) is 1. The van der Waals surface area contributed by atoms with Crippen LogP contribution >= 0.6 is 0 Å². The minimum absolute atomic E-state index is 0.0121. The maximum atomic E-state index is 13.1. The van der Waals surface area contributed by atoms with Crippen molar-refractivity contribution in [1.82, 2.24) is 9.62 Å². The third kappa shape index (κ3) is 5.86. The number of rotatable bonds is 8. The smallest absolute Gasteiger partial charge is 0.325 e. The van der Waals surface area contributed by atoms with E-state index in [1.807, 2.05) is 0 Å². The highest BCUT2D eigenvalue weighted by Crippen LogP contribution is 2.23. The molecular weight excluding hydrogens is 432 g/mol. The minimum Gasteiger partial charge on any atom is -0.497 e. The van der Waals surface area contributed by atoms with E-state index >= 15 is 0 Å². The molecule has 2 atom stereocenters. The van der Waals surface area contributed by atoms with Crippen LogP contribution in [0.5, 0.6) is 5.75 Å². The van der Waals surface area contributed by atoms with Crippen molar-refractivity contribution in [1.29, 1.82) is 0 Å². The molecule has 0 bridgehead atoms. The molecule has 1 unspecified atom stereocenters. The lowest BCUT2D eigenvalue weighted by Crippen LogP contribution is -2.43. The Bertz CT molecular complexity index is 1020. The van der Waals surface area contributed by atoms with E-state index in [0.29, 0.717) is 24.4 Å². The van der Waals surface area contributed by atoms with Gasteiger partial charge in [0, 0.05) is 18.7 Å². The van der Waals surface area contributed by atoms with E-state index in [2.05, 4.69) is 4.72 Å². The van der Waals surface area contributed by atoms with Gasteiger partial charge in [0.2, 0.25) is 16.1 Å². The molecule has 1 aliphatic rings. The lowest BCUT2D eigenvalue weighted by molar-refractivity contribution is -0.162. The fourth-order valence-electron chi connectivity index (χ4n) is 3.49. The number of piperidine rings is 1. The van der Waals surface area contributed by atoms with Crippen molar-refractivity contribution in [2.24, 2.45) is 0 Å². The van der Waals surface area contributed by atoms with E-state index in [0.717, 1.165) is 19.3 Å². The van der Waals surface area contributed by atoms with Gasteiger partial charge in [-0.3, -0.25) is 9.59 Å². The number of nitrogens with one attached hydrogen (secondary N) is 1. The molecule has 1 heterocycles. The first-order valence-corrected chi connectivity index (χ1v) is 12.0. The second kappa shape index (κ2) is 10.6. The topological polar surface area (TPSA) is 102 Å². The van der Waals surface area contributed by atoms with E-state index in [4.69, 9.17) is 9.47 Å². The van der Waals surface area contributed by atoms with Gasteiger partial charge in [-0.2, -0.15) is 4.72 Å². The van der Waals surface area contributed by atoms with Crippen LogP contribution in [0.4, 0.5) is 0 Å². The molecule has 0 aromatic heterocycles. The van der Waals surface area contributed by atoms with Gasteiger partial charge in [-0.25, -0.2) is 8.42 Å². The maximum Gasteiger partial charge on any atom is 0.325 e. The fourth-order valence-corrected chi connectivity index (χ4v) is 4.68. The number of esters is 1. The molecule has 1 saturated heterocycles. The maximum absolute atomic E-state index is 13.1. The van der Waals surface area contributed by atoms with Crippen LogP contribution in [0.25, 0.3) is 0 Å². The molecular formula is C23H28N2O6S. The molecule has 8 nitrogen and oxygen atoms in total. The van der Waals surface area contributed by atoms with E-state index in [1.165, 1.54) is 38.3 Å². The Morgan fingerprint density at radius 3 is 2.19 bits per heavy atom. The second-order valence-electron chi connectivity index (χ2n) is 7.63. The summed E-state index contributed by atoms with van der Waals surface area (Å²) in [4.78, 5) is 27.6. The number of amides is 1.